The third-order valence-electron chi connectivity index (χ3n) is 3.52. The van der Waals surface area contributed by atoms with Crippen LogP contribution in [0.15, 0.2) is 18.5 Å². The molecule has 0 spiro atoms. The summed E-state index contributed by atoms with van der Waals surface area (Å²) in [6.07, 6.45) is 3.32. The van der Waals surface area contributed by atoms with Crippen LogP contribution in [0.4, 0.5) is 11.4 Å². The van der Waals surface area contributed by atoms with Crippen molar-refractivity contribution in [3.8, 4) is 0 Å². The second-order valence-electron chi connectivity index (χ2n) is 5.94. The number of hydrogen-bond donors (Lipinski definition) is 1. The minimum absolute atomic E-state index is 0.487. The number of aromatic nitrogens is 1. The first-order valence-electron chi connectivity index (χ1n) is 6.67. The molecule has 0 unspecified atom stereocenters. The van der Waals surface area contributed by atoms with Crippen LogP contribution in [-0.4, -0.2) is 48.6 Å². The number of piperazine rings is 1. The number of hydrogen-bond acceptors (Lipinski definition) is 5. The van der Waals surface area contributed by atoms with Gasteiger partial charge in [0.2, 0.25) is 10.0 Å². The molecule has 20 heavy (non-hydrogen) atoms. The summed E-state index contributed by atoms with van der Waals surface area (Å²) in [5, 5.41) is 0. The van der Waals surface area contributed by atoms with Crippen molar-refractivity contribution < 1.29 is 8.42 Å². The van der Waals surface area contributed by atoms with Gasteiger partial charge in [0.25, 0.3) is 0 Å². The molecule has 0 atom stereocenters. The first kappa shape index (κ1) is 15.1. The zero-order chi connectivity index (χ0) is 15.0. The number of sulfonamides is 1. The standard InChI is InChI=1S/C13H22N4O2S/c1-13(2,3)20(18,19)17-8-6-16(7-9-17)12-4-5-15-10-11(12)14/h4-5,10H,6-9,14H2,1-3H3. The zero-order valence-corrected chi connectivity index (χ0v) is 13.0. The molecule has 0 bridgehead atoms. The Balaban J connectivity index is 2.09. The van der Waals surface area contributed by atoms with Crippen molar-refractivity contribution in [3.05, 3.63) is 18.5 Å². The molecule has 1 saturated heterocycles. The van der Waals surface area contributed by atoms with E-state index in [9.17, 15) is 8.42 Å². The molecule has 2 heterocycles. The van der Waals surface area contributed by atoms with Gasteiger partial charge in [-0.3, -0.25) is 4.98 Å². The van der Waals surface area contributed by atoms with E-state index >= 15 is 0 Å². The van der Waals surface area contributed by atoms with Crippen molar-refractivity contribution in [2.45, 2.75) is 25.5 Å². The Morgan fingerprint density at radius 1 is 1.20 bits per heavy atom. The number of nitrogens with two attached hydrogens (primary N) is 1. The molecule has 1 aromatic heterocycles. The Labute approximate surface area is 120 Å². The van der Waals surface area contributed by atoms with Gasteiger partial charge in [0.05, 0.1) is 22.3 Å². The van der Waals surface area contributed by atoms with Gasteiger partial charge in [-0.05, 0) is 26.8 Å². The maximum atomic E-state index is 12.4. The van der Waals surface area contributed by atoms with Crippen LogP contribution in [0.3, 0.4) is 0 Å². The van der Waals surface area contributed by atoms with Gasteiger partial charge >= 0.3 is 0 Å². The Hall–Kier alpha value is -1.34. The molecule has 0 radical (unpaired) electrons. The van der Waals surface area contributed by atoms with Gasteiger partial charge in [0.1, 0.15) is 0 Å². The van der Waals surface area contributed by atoms with Crippen LogP contribution in [0.2, 0.25) is 0 Å². The molecule has 0 saturated carbocycles. The summed E-state index contributed by atoms with van der Waals surface area (Å²) in [5.41, 5.74) is 7.45. The van der Waals surface area contributed by atoms with Gasteiger partial charge < -0.3 is 10.6 Å². The highest BCUT2D eigenvalue weighted by Crippen LogP contribution is 2.26. The summed E-state index contributed by atoms with van der Waals surface area (Å²) in [7, 11) is -3.25. The average molecular weight is 298 g/mol. The van der Waals surface area contributed by atoms with Crippen molar-refractivity contribution in [1.29, 1.82) is 0 Å². The van der Waals surface area contributed by atoms with Crippen molar-refractivity contribution in [3.63, 3.8) is 0 Å². The lowest BCUT2D eigenvalue weighted by atomic mass is 10.2. The second-order valence-corrected chi connectivity index (χ2v) is 8.63. The molecule has 112 valence electrons. The molecule has 2 N–H and O–H groups in total. The Kier molecular flexibility index (Phi) is 3.93. The SMILES string of the molecule is CC(C)(C)S(=O)(=O)N1CCN(c2ccncc2N)CC1. The highest BCUT2D eigenvalue weighted by molar-refractivity contribution is 7.90. The first-order valence-corrected chi connectivity index (χ1v) is 8.11. The lowest BCUT2D eigenvalue weighted by Crippen LogP contribution is -2.53. The molecule has 1 fully saturated rings. The lowest BCUT2D eigenvalue weighted by Gasteiger charge is -2.38. The molecule has 0 aliphatic carbocycles. The molecule has 2 rings (SSSR count). The molecule has 0 aromatic carbocycles. The molecule has 1 aromatic rings. The third kappa shape index (κ3) is 2.73. The molecule has 6 nitrogen and oxygen atoms in total. The van der Waals surface area contributed by atoms with Gasteiger partial charge in [-0.1, -0.05) is 0 Å². The second kappa shape index (κ2) is 5.21. The van der Waals surface area contributed by atoms with Crippen LogP contribution in [0.1, 0.15) is 20.8 Å². The average Bonchev–Trinajstić information content (AvgIpc) is 2.38. The van der Waals surface area contributed by atoms with E-state index in [0.717, 1.165) is 5.69 Å². The predicted molar refractivity (Wildman–Crippen MR) is 81.1 cm³/mol. The number of anilines is 2. The van der Waals surface area contributed by atoms with E-state index < -0.39 is 14.8 Å². The highest BCUT2D eigenvalue weighted by atomic mass is 32.2. The third-order valence-corrected chi connectivity index (χ3v) is 6.11. The van der Waals surface area contributed by atoms with Crippen LogP contribution >= 0.6 is 0 Å². The van der Waals surface area contributed by atoms with E-state index in [1.807, 2.05) is 6.07 Å². The van der Waals surface area contributed by atoms with E-state index in [-0.39, 0.29) is 0 Å². The molecule has 0 amide bonds. The number of nitrogen functional groups attached to an aromatic ring is 1. The van der Waals surface area contributed by atoms with E-state index in [0.29, 0.717) is 31.9 Å². The van der Waals surface area contributed by atoms with Gasteiger partial charge in [-0.2, -0.15) is 4.31 Å². The largest absolute Gasteiger partial charge is 0.396 e. The first-order chi connectivity index (χ1) is 9.23. The molecule has 1 aliphatic heterocycles. The summed E-state index contributed by atoms with van der Waals surface area (Å²) in [6.45, 7) is 7.45. The minimum Gasteiger partial charge on any atom is -0.396 e. The van der Waals surface area contributed by atoms with Crippen molar-refractivity contribution in [1.82, 2.24) is 9.29 Å². The summed E-state index contributed by atoms with van der Waals surface area (Å²) < 4.78 is 25.6. The number of nitrogens with zero attached hydrogens (tertiary/aromatic N) is 3. The van der Waals surface area contributed by atoms with Gasteiger partial charge in [0, 0.05) is 32.4 Å². The van der Waals surface area contributed by atoms with E-state index in [1.54, 1.807) is 37.5 Å². The Morgan fingerprint density at radius 3 is 2.30 bits per heavy atom. The van der Waals surface area contributed by atoms with Gasteiger partial charge in [-0.25, -0.2) is 8.42 Å². The van der Waals surface area contributed by atoms with Crippen LogP contribution in [0.25, 0.3) is 0 Å². The fourth-order valence-corrected chi connectivity index (χ4v) is 3.66. The zero-order valence-electron chi connectivity index (χ0n) is 12.2. The van der Waals surface area contributed by atoms with Crippen molar-refractivity contribution in [2.24, 2.45) is 0 Å². The summed E-state index contributed by atoms with van der Waals surface area (Å²) in [5.74, 6) is 0. The lowest BCUT2D eigenvalue weighted by molar-refractivity contribution is 0.372. The highest BCUT2D eigenvalue weighted by Gasteiger charge is 2.36. The van der Waals surface area contributed by atoms with Crippen LogP contribution in [-0.2, 0) is 10.0 Å². The van der Waals surface area contributed by atoms with Crippen LogP contribution in [0, 0.1) is 0 Å². The van der Waals surface area contributed by atoms with Crippen LogP contribution < -0.4 is 10.6 Å². The summed E-state index contributed by atoms with van der Waals surface area (Å²) in [4.78, 5) is 6.07. The number of pyridine rings is 1. The van der Waals surface area contributed by atoms with E-state index in [2.05, 4.69) is 9.88 Å². The van der Waals surface area contributed by atoms with E-state index in [1.165, 1.54) is 0 Å². The maximum absolute atomic E-state index is 12.4. The van der Waals surface area contributed by atoms with Crippen LogP contribution in [0.5, 0.6) is 0 Å². The fraction of sp³-hybridized carbons (Fsp3) is 0.615. The summed E-state index contributed by atoms with van der Waals surface area (Å²) >= 11 is 0. The van der Waals surface area contributed by atoms with Crippen molar-refractivity contribution >= 4 is 21.4 Å². The van der Waals surface area contributed by atoms with Crippen molar-refractivity contribution in [2.75, 3.05) is 36.8 Å². The van der Waals surface area contributed by atoms with Gasteiger partial charge in [-0.15, -0.1) is 0 Å². The Bertz CT molecular complexity index is 572. The number of rotatable bonds is 2. The monoisotopic (exact) mass is 298 g/mol. The topological polar surface area (TPSA) is 79.5 Å². The molecular formula is C13H22N4O2S. The predicted octanol–water partition coefficient (Wildman–Crippen LogP) is 0.914. The summed E-state index contributed by atoms with van der Waals surface area (Å²) in [6, 6.07) is 1.86. The minimum atomic E-state index is -3.25. The molecule has 1 aliphatic rings. The normalized spacial score (nSPS) is 18.2. The Morgan fingerprint density at radius 2 is 1.80 bits per heavy atom. The van der Waals surface area contributed by atoms with E-state index in [4.69, 9.17) is 5.73 Å². The molecular weight excluding hydrogens is 276 g/mol. The smallest absolute Gasteiger partial charge is 0.219 e. The van der Waals surface area contributed by atoms with Gasteiger partial charge in [0.15, 0.2) is 0 Å². The molecule has 7 heteroatoms. The fourth-order valence-electron chi connectivity index (χ4n) is 2.24. The quantitative estimate of drug-likeness (QED) is 0.878. The maximum Gasteiger partial charge on any atom is 0.219 e.